The summed E-state index contributed by atoms with van der Waals surface area (Å²) in [5.41, 5.74) is -3.70. The van der Waals surface area contributed by atoms with Crippen molar-refractivity contribution < 1.29 is 67.9 Å². The first-order valence-electron chi connectivity index (χ1n) is 11.3. The van der Waals surface area contributed by atoms with Crippen LogP contribution in [-0.4, -0.2) is 28.4 Å². The molecule has 0 unspecified atom stereocenters. The van der Waals surface area contributed by atoms with Crippen molar-refractivity contribution >= 4 is 0 Å². The number of ether oxygens (including phenoxy) is 6. The molecule has 224 valence electrons. The van der Waals surface area contributed by atoms with E-state index in [1.54, 1.807) is 0 Å². The van der Waals surface area contributed by atoms with Gasteiger partial charge in [-0.15, -0.1) is 0 Å². The maximum absolute atomic E-state index is 15.5. The molecular formula is C26H21F9O6. The lowest BCUT2D eigenvalue weighted by Crippen LogP contribution is -2.12. The van der Waals surface area contributed by atoms with Crippen LogP contribution < -0.4 is 9.47 Å². The van der Waals surface area contributed by atoms with Crippen molar-refractivity contribution in [1.29, 1.82) is 0 Å². The SMILES string of the molecule is COCc1cc(F)c(Oc2c(F)c(COC)c(F)c(Oc3c(F)c(F)c(COC)c(F)c3F)c2COC)c(F)c1F. The van der Waals surface area contributed by atoms with Crippen LogP contribution in [-0.2, 0) is 45.4 Å². The maximum Gasteiger partial charge on any atom is 0.204 e. The van der Waals surface area contributed by atoms with Crippen LogP contribution in [0.15, 0.2) is 6.07 Å². The number of benzene rings is 3. The van der Waals surface area contributed by atoms with Crippen LogP contribution in [0.2, 0.25) is 0 Å². The van der Waals surface area contributed by atoms with E-state index >= 15 is 8.78 Å². The summed E-state index contributed by atoms with van der Waals surface area (Å²) in [6.45, 7) is -3.28. The van der Waals surface area contributed by atoms with Crippen LogP contribution in [0, 0.1) is 52.4 Å². The van der Waals surface area contributed by atoms with E-state index < -0.39 is 124 Å². The summed E-state index contributed by atoms with van der Waals surface area (Å²) < 4.78 is 162. The van der Waals surface area contributed by atoms with E-state index in [4.69, 9.17) is 18.9 Å². The van der Waals surface area contributed by atoms with Crippen LogP contribution in [0.5, 0.6) is 23.0 Å². The molecule has 0 bridgehead atoms. The molecule has 41 heavy (non-hydrogen) atoms. The largest absolute Gasteiger partial charge is 0.447 e. The zero-order valence-corrected chi connectivity index (χ0v) is 21.8. The Hall–Kier alpha value is -3.53. The molecule has 0 saturated heterocycles. The zero-order valence-electron chi connectivity index (χ0n) is 21.8. The molecule has 0 aliphatic heterocycles. The van der Waals surface area contributed by atoms with Gasteiger partial charge in [-0.25, -0.2) is 26.3 Å². The normalized spacial score (nSPS) is 11.3. The number of hydrogen-bond acceptors (Lipinski definition) is 6. The van der Waals surface area contributed by atoms with Crippen molar-refractivity contribution in [2.24, 2.45) is 0 Å². The molecule has 15 heteroatoms. The predicted octanol–water partition coefficient (Wildman–Crippen LogP) is 7.11. The fraction of sp³-hybridized carbons (Fsp3) is 0.308. The Morgan fingerprint density at radius 2 is 0.805 bits per heavy atom. The monoisotopic (exact) mass is 600 g/mol. The van der Waals surface area contributed by atoms with Gasteiger partial charge in [-0.1, -0.05) is 0 Å². The molecule has 3 aromatic rings. The van der Waals surface area contributed by atoms with Crippen LogP contribution in [0.1, 0.15) is 22.3 Å². The zero-order chi connectivity index (χ0) is 30.6. The van der Waals surface area contributed by atoms with Gasteiger partial charge in [0.1, 0.15) is 0 Å². The average Bonchev–Trinajstić information content (AvgIpc) is 2.94. The maximum atomic E-state index is 15.5. The van der Waals surface area contributed by atoms with Crippen LogP contribution in [0.25, 0.3) is 0 Å². The van der Waals surface area contributed by atoms with Crippen molar-refractivity contribution in [1.82, 2.24) is 0 Å². The van der Waals surface area contributed by atoms with E-state index in [-0.39, 0.29) is 0 Å². The standard InChI is InChI=1S/C26H21F9O6/c1-36-6-10-5-14(27)25(20(33)15(10)28)40-23-13(9-39-4)24(19(32)12(8-38-3)18(23)31)41-26-21(34)16(29)11(7-37-2)17(30)22(26)35/h5H,6-9H2,1-4H3. The van der Waals surface area contributed by atoms with Crippen molar-refractivity contribution in [3.05, 3.63) is 80.7 Å². The van der Waals surface area contributed by atoms with Crippen molar-refractivity contribution in [2.75, 3.05) is 28.4 Å². The molecule has 0 atom stereocenters. The highest BCUT2D eigenvalue weighted by atomic mass is 19.2. The molecule has 3 rings (SSSR count). The molecule has 0 spiro atoms. The molecule has 0 fully saturated rings. The third-order valence-corrected chi connectivity index (χ3v) is 5.56. The second-order valence-electron chi connectivity index (χ2n) is 8.22. The van der Waals surface area contributed by atoms with E-state index in [0.717, 1.165) is 28.4 Å². The molecule has 6 nitrogen and oxygen atoms in total. The number of halogens is 9. The van der Waals surface area contributed by atoms with E-state index in [1.165, 1.54) is 0 Å². The fourth-order valence-electron chi connectivity index (χ4n) is 3.70. The molecule has 3 aromatic carbocycles. The Bertz CT molecular complexity index is 1420. The van der Waals surface area contributed by atoms with Gasteiger partial charge in [-0.3, -0.25) is 0 Å². The van der Waals surface area contributed by atoms with Crippen molar-refractivity contribution in [3.63, 3.8) is 0 Å². The molecule has 0 saturated carbocycles. The fourth-order valence-corrected chi connectivity index (χ4v) is 3.70. The Labute approximate surface area is 227 Å². The highest BCUT2D eigenvalue weighted by molar-refractivity contribution is 5.54. The van der Waals surface area contributed by atoms with E-state index in [9.17, 15) is 30.7 Å². The minimum atomic E-state index is -2.12. The summed E-state index contributed by atoms with van der Waals surface area (Å²) in [7, 11) is 4.08. The second-order valence-corrected chi connectivity index (χ2v) is 8.22. The van der Waals surface area contributed by atoms with Crippen molar-refractivity contribution in [2.45, 2.75) is 26.4 Å². The molecule has 0 radical (unpaired) electrons. The van der Waals surface area contributed by atoms with Gasteiger partial charge >= 0.3 is 0 Å². The summed E-state index contributed by atoms with van der Waals surface area (Å²) in [6, 6.07) is 0.486. The molecule has 0 N–H and O–H groups in total. The van der Waals surface area contributed by atoms with Gasteiger partial charge in [-0.05, 0) is 6.07 Å². The van der Waals surface area contributed by atoms with Gasteiger partial charge in [0, 0.05) is 34.0 Å². The average molecular weight is 600 g/mol. The summed E-state index contributed by atoms with van der Waals surface area (Å²) in [6.07, 6.45) is 0. The first-order valence-corrected chi connectivity index (χ1v) is 11.3. The highest BCUT2D eigenvalue weighted by Gasteiger charge is 2.33. The van der Waals surface area contributed by atoms with E-state index in [0.29, 0.717) is 6.07 Å². The predicted molar refractivity (Wildman–Crippen MR) is 122 cm³/mol. The third-order valence-electron chi connectivity index (χ3n) is 5.56. The first kappa shape index (κ1) is 32.0. The number of rotatable bonds is 12. The molecule has 0 aliphatic rings. The molecule has 0 aliphatic carbocycles. The first-order chi connectivity index (χ1) is 19.4. The molecule has 0 aromatic heterocycles. The summed E-state index contributed by atoms with van der Waals surface area (Å²) in [4.78, 5) is 0. The minimum absolute atomic E-state index is 0.486. The van der Waals surface area contributed by atoms with Gasteiger partial charge in [0.05, 0.1) is 43.1 Å². The third kappa shape index (κ3) is 6.07. The summed E-state index contributed by atoms with van der Waals surface area (Å²) in [5.74, 6) is -22.5. The lowest BCUT2D eigenvalue weighted by Gasteiger charge is -2.21. The van der Waals surface area contributed by atoms with Gasteiger partial charge in [0.2, 0.25) is 29.0 Å². The Kier molecular flexibility index (Phi) is 10.5. The number of hydrogen-bond donors (Lipinski definition) is 0. The van der Waals surface area contributed by atoms with Crippen molar-refractivity contribution in [3.8, 4) is 23.0 Å². The Balaban J connectivity index is 2.32. The van der Waals surface area contributed by atoms with Crippen LogP contribution in [0.4, 0.5) is 39.5 Å². The van der Waals surface area contributed by atoms with Gasteiger partial charge in [0.25, 0.3) is 0 Å². The van der Waals surface area contributed by atoms with E-state index in [2.05, 4.69) is 9.47 Å². The summed E-state index contributed by atoms with van der Waals surface area (Å²) >= 11 is 0. The van der Waals surface area contributed by atoms with Crippen LogP contribution >= 0.6 is 0 Å². The van der Waals surface area contributed by atoms with E-state index in [1.807, 2.05) is 0 Å². The number of methoxy groups -OCH3 is 4. The second kappa shape index (κ2) is 13.4. The van der Waals surface area contributed by atoms with Gasteiger partial charge < -0.3 is 28.4 Å². The Morgan fingerprint density at radius 1 is 0.415 bits per heavy atom. The van der Waals surface area contributed by atoms with Crippen LogP contribution in [0.3, 0.4) is 0 Å². The minimum Gasteiger partial charge on any atom is -0.447 e. The summed E-state index contributed by atoms with van der Waals surface area (Å²) in [5, 5.41) is 0. The molecular weight excluding hydrogens is 579 g/mol. The lowest BCUT2D eigenvalue weighted by atomic mass is 10.1. The van der Waals surface area contributed by atoms with Gasteiger partial charge in [-0.2, -0.15) is 13.2 Å². The molecule has 0 amide bonds. The lowest BCUT2D eigenvalue weighted by molar-refractivity contribution is 0.168. The Morgan fingerprint density at radius 3 is 1.27 bits per heavy atom. The quantitative estimate of drug-likeness (QED) is 0.163. The van der Waals surface area contributed by atoms with Gasteiger partial charge in [0.15, 0.2) is 46.4 Å². The topological polar surface area (TPSA) is 55.4 Å². The smallest absolute Gasteiger partial charge is 0.204 e. The molecule has 0 heterocycles. The highest BCUT2D eigenvalue weighted by Crippen LogP contribution is 2.45.